The fraction of sp³-hybridized carbons (Fsp3) is 0.923. The number of amides is 1. The van der Waals surface area contributed by atoms with Crippen LogP contribution in [0.15, 0.2) is 0 Å². The van der Waals surface area contributed by atoms with E-state index in [0.717, 1.165) is 25.4 Å². The van der Waals surface area contributed by atoms with Crippen molar-refractivity contribution in [1.29, 1.82) is 0 Å². The number of hydrogen-bond acceptors (Lipinski definition) is 2. The van der Waals surface area contributed by atoms with Crippen molar-refractivity contribution in [3.05, 3.63) is 0 Å². The number of nitrogens with one attached hydrogen (secondary N) is 1. The third-order valence-electron chi connectivity index (χ3n) is 3.81. The number of likely N-dealkylation sites (tertiary alicyclic amines) is 1. The van der Waals surface area contributed by atoms with Crippen LogP contribution in [0.3, 0.4) is 0 Å². The van der Waals surface area contributed by atoms with E-state index in [-0.39, 0.29) is 0 Å². The second-order valence-electron chi connectivity index (χ2n) is 5.25. The average molecular weight is 224 g/mol. The second kappa shape index (κ2) is 5.67. The first-order valence-corrected chi connectivity index (χ1v) is 6.80. The molecule has 16 heavy (non-hydrogen) atoms. The first-order chi connectivity index (χ1) is 7.79. The summed E-state index contributed by atoms with van der Waals surface area (Å²) in [4.78, 5) is 13.8. The summed E-state index contributed by atoms with van der Waals surface area (Å²) in [5.74, 6) is 1.24. The summed E-state index contributed by atoms with van der Waals surface area (Å²) in [6, 6.07) is 0.555. The minimum atomic E-state index is 0.298. The maximum absolute atomic E-state index is 11.8. The van der Waals surface area contributed by atoms with Crippen molar-refractivity contribution in [2.75, 3.05) is 19.6 Å². The van der Waals surface area contributed by atoms with Gasteiger partial charge >= 0.3 is 0 Å². The van der Waals surface area contributed by atoms with Crippen molar-refractivity contribution in [2.24, 2.45) is 5.92 Å². The van der Waals surface area contributed by atoms with E-state index in [1.807, 2.05) is 4.90 Å². The van der Waals surface area contributed by atoms with Gasteiger partial charge in [0.25, 0.3) is 0 Å². The summed E-state index contributed by atoms with van der Waals surface area (Å²) in [7, 11) is 0. The van der Waals surface area contributed by atoms with Crippen molar-refractivity contribution in [3.63, 3.8) is 0 Å². The summed E-state index contributed by atoms with van der Waals surface area (Å²) in [6.07, 6.45) is 7.58. The Morgan fingerprint density at radius 2 is 2.06 bits per heavy atom. The van der Waals surface area contributed by atoms with Crippen LogP contribution in [0.5, 0.6) is 0 Å². The van der Waals surface area contributed by atoms with Gasteiger partial charge in [-0.3, -0.25) is 4.79 Å². The zero-order valence-corrected chi connectivity index (χ0v) is 10.4. The smallest absolute Gasteiger partial charge is 0.236 e. The number of carbonyl (C=O) groups is 1. The van der Waals surface area contributed by atoms with Crippen molar-refractivity contribution >= 4 is 5.91 Å². The van der Waals surface area contributed by atoms with E-state index in [0.29, 0.717) is 18.5 Å². The molecule has 3 nitrogen and oxygen atoms in total. The fourth-order valence-corrected chi connectivity index (χ4v) is 2.46. The molecule has 1 amide bonds. The van der Waals surface area contributed by atoms with E-state index < -0.39 is 0 Å². The predicted octanol–water partition coefficient (Wildman–Crippen LogP) is 1.78. The summed E-state index contributed by atoms with van der Waals surface area (Å²) in [5.41, 5.74) is 0. The molecule has 1 saturated heterocycles. The van der Waals surface area contributed by atoms with Crippen LogP contribution in [0.4, 0.5) is 0 Å². The third-order valence-corrected chi connectivity index (χ3v) is 3.81. The summed E-state index contributed by atoms with van der Waals surface area (Å²) in [6.45, 7) is 4.70. The predicted molar refractivity (Wildman–Crippen MR) is 65.2 cm³/mol. The highest BCUT2D eigenvalue weighted by atomic mass is 16.2. The Morgan fingerprint density at radius 1 is 1.38 bits per heavy atom. The molecular formula is C13H24N2O. The molecule has 0 aromatic rings. The monoisotopic (exact) mass is 224 g/mol. The number of hydrogen-bond donors (Lipinski definition) is 1. The van der Waals surface area contributed by atoms with Gasteiger partial charge in [-0.05, 0) is 31.6 Å². The maximum Gasteiger partial charge on any atom is 0.236 e. The fourth-order valence-electron chi connectivity index (χ4n) is 2.46. The molecule has 0 radical (unpaired) electrons. The van der Waals surface area contributed by atoms with Gasteiger partial charge in [0.15, 0.2) is 0 Å². The van der Waals surface area contributed by atoms with E-state index in [2.05, 4.69) is 12.2 Å². The highest BCUT2D eigenvalue weighted by molar-refractivity contribution is 5.78. The highest BCUT2D eigenvalue weighted by Crippen LogP contribution is 2.33. The van der Waals surface area contributed by atoms with Crippen molar-refractivity contribution in [3.8, 4) is 0 Å². The minimum Gasteiger partial charge on any atom is -0.342 e. The molecule has 2 aliphatic rings. The normalized spacial score (nSPS) is 22.4. The van der Waals surface area contributed by atoms with Crippen LogP contribution in [-0.2, 0) is 4.79 Å². The molecule has 1 N–H and O–H groups in total. The molecule has 1 aliphatic heterocycles. The lowest BCUT2D eigenvalue weighted by Gasteiger charge is -2.20. The zero-order valence-electron chi connectivity index (χ0n) is 10.4. The Hall–Kier alpha value is -0.570. The van der Waals surface area contributed by atoms with E-state index in [1.165, 1.54) is 32.1 Å². The van der Waals surface area contributed by atoms with Gasteiger partial charge in [0.2, 0.25) is 5.91 Å². The van der Waals surface area contributed by atoms with Crippen molar-refractivity contribution in [2.45, 2.75) is 51.5 Å². The largest absolute Gasteiger partial charge is 0.342 e. The molecule has 0 aromatic heterocycles. The maximum atomic E-state index is 11.8. The molecule has 1 atom stereocenters. The zero-order chi connectivity index (χ0) is 11.4. The van der Waals surface area contributed by atoms with Gasteiger partial charge in [-0.25, -0.2) is 0 Å². The molecule has 1 aliphatic carbocycles. The van der Waals surface area contributed by atoms with Crippen molar-refractivity contribution < 1.29 is 4.79 Å². The van der Waals surface area contributed by atoms with E-state index >= 15 is 0 Å². The second-order valence-corrected chi connectivity index (χ2v) is 5.25. The van der Waals surface area contributed by atoms with Gasteiger partial charge in [0.05, 0.1) is 6.54 Å². The van der Waals surface area contributed by atoms with Gasteiger partial charge in [0, 0.05) is 19.1 Å². The Labute approximate surface area is 98.6 Å². The van der Waals surface area contributed by atoms with Crippen LogP contribution in [-0.4, -0.2) is 36.5 Å². The van der Waals surface area contributed by atoms with Gasteiger partial charge in [-0.1, -0.05) is 19.8 Å². The molecule has 2 rings (SSSR count). The van der Waals surface area contributed by atoms with Crippen LogP contribution >= 0.6 is 0 Å². The Balaban J connectivity index is 1.65. The molecule has 92 valence electrons. The van der Waals surface area contributed by atoms with E-state index in [4.69, 9.17) is 0 Å². The van der Waals surface area contributed by atoms with Crippen LogP contribution in [0.1, 0.15) is 45.4 Å². The quantitative estimate of drug-likeness (QED) is 0.746. The summed E-state index contributed by atoms with van der Waals surface area (Å²) in [5, 5.41) is 3.43. The van der Waals surface area contributed by atoms with Crippen LogP contribution in [0.25, 0.3) is 0 Å². The highest BCUT2D eigenvalue weighted by Gasteiger charge is 2.25. The topological polar surface area (TPSA) is 32.3 Å². The van der Waals surface area contributed by atoms with E-state index in [1.54, 1.807) is 0 Å². The summed E-state index contributed by atoms with van der Waals surface area (Å²) >= 11 is 0. The molecule has 0 bridgehead atoms. The Kier molecular flexibility index (Phi) is 4.22. The lowest BCUT2D eigenvalue weighted by molar-refractivity contribution is -0.129. The molecule has 0 spiro atoms. The Morgan fingerprint density at radius 3 is 2.62 bits per heavy atom. The molecule has 0 aromatic carbocycles. The standard InChI is InChI=1S/C13H24N2O/c1-2-12(9-11-5-6-11)14-10-13(16)15-7-3-4-8-15/h11-12,14H,2-10H2,1H3. The molecular weight excluding hydrogens is 200 g/mol. The van der Waals surface area contributed by atoms with Crippen molar-refractivity contribution in [1.82, 2.24) is 10.2 Å². The SMILES string of the molecule is CCC(CC1CC1)NCC(=O)N1CCCC1. The molecule has 2 fully saturated rings. The third kappa shape index (κ3) is 3.48. The van der Waals surface area contributed by atoms with Gasteiger partial charge in [-0.2, -0.15) is 0 Å². The summed E-state index contributed by atoms with van der Waals surface area (Å²) < 4.78 is 0. The van der Waals surface area contributed by atoms with Crippen LogP contribution < -0.4 is 5.32 Å². The number of carbonyl (C=O) groups excluding carboxylic acids is 1. The molecule has 1 heterocycles. The molecule has 1 unspecified atom stereocenters. The average Bonchev–Trinajstić information content (AvgIpc) is 2.94. The first-order valence-electron chi connectivity index (χ1n) is 6.80. The molecule has 3 heteroatoms. The van der Waals surface area contributed by atoms with Gasteiger partial charge in [0.1, 0.15) is 0 Å². The number of nitrogens with zero attached hydrogens (tertiary/aromatic N) is 1. The van der Waals surface area contributed by atoms with E-state index in [9.17, 15) is 4.79 Å². The molecule has 1 saturated carbocycles. The minimum absolute atomic E-state index is 0.298. The van der Waals surface area contributed by atoms with Crippen LogP contribution in [0.2, 0.25) is 0 Å². The lowest BCUT2D eigenvalue weighted by Crippen LogP contribution is -2.40. The lowest BCUT2D eigenvalue weighted by atomic mass is 10.1. The Bertz CT molecular complexity index is 232. The van der Waals surface area contributed by atoms with Gasteiger partial charge < -0.3 is 10.2 Å². The first kappa shape index (κ1) is 11.9. The number of rotatable bonds is 6. The van der Waals surface area contributed by atoms with Gasteiger partial charge in [-0.15, -0.1) is 0 Å². The van der Waals surface area contributed by atoms with Crippen LogP contribution in [0, 0.1) is 5.92 Å².